The first-order valence-electron chi connectivity index (χ1n) is 28.5. The first kappa shape index (κ1) is 62.6. The normalized spacial score (nSPS) is 12.2. The third-order valence-electron chi connectivity index (χ3n) is 12.6. The standard InChI is InChI=1S/C59H108O6/c1-4-7-10-13-16-19-22-24-26-28-29-31-32-34-37-40-43-46-49-52-58(61)64-55-56(54-63-57(60)51-48-45-42-39-36-21-18-15-12-9-6-3)65-59(62)53-50-47-44-41-38-35-33-30-27-25-23-20-17-14-11-8-5-2/h17,20,25,27,33,35,56H,4-16,18-19,21-24,26,28-32,34,36-55H2,1-3H3/b20-17-,27-25-,35-33-/t56-/m0/s1. The smallest absolute Gasteiger partial charge is 0.306 e. The van der Waals surface area contributed by atoms with Crippen molar-refractivity contribution in [2.24, 2.45) is 0 Å². The minimum absolute atomic E-state index is 0.0767. The van der Waals surface area contributed by atoms with Gasteiger partial charge < -0.3 is 14.2 Å². The summed E-state index contributed by atoms with van der Waals surface area (Å²) in [6.45, 7) is 6.63. The Morgan fingerprint density at radius 2 is 0.554 bits per heavy atom. The molecule has 0 fully saturated rings. The van der Waals surface area contributed by atoms with Crippen LogP contribution in [-0.2, 0) is 28.6 Å². The van der Waals surface area contributed by atoms with Crippen molar-refractivity contribution in [3.8, 4) is 0 Å². The number of carbonyl (C=O) groups excluding carboxylic acids is 3. The maximum atomic E-state index is 12.8. The summed E-state index contributed by atoms with van der Waals surface area (Å²) in [6.07, 6.45) is 64.2. The van der Waals surface area contributed by atoms with Gasteiger partial charge in [0.2, 0.25) is 0 Å². The molecule has 0 rings (SSSR count). The molecular weight excluding hydrogens is 805 g/mol. The lowest BCUT2D eigenvalue weighted by Gasteiger charge is -2.18. The van der Waals surface area contributed by atoms with Gasteiger partial charge in [0.25, 0.3) is 0 Å². The second-order valence-corrected chi connectivity index (χ2v) is 19.2. The Hall–Kier alpha value is -2.37. The summed E-state index contributed by atoms with van der Waals surface area (Å²) in [4.78, 5) is 38.1. The minimum Gasteiger partial charge on any atom is -0.462 e. The zero-order valence-corrected chi connectivity index (χ0v) is 43.5. The van der Waals surface area contributed by atoms with Crippen molar-refractivity contribution >= 4 is 17.9 Å². The molecule has 0 aromatic heterocycles. The van der Waals surface area contributed by atoms with E-state index in [1.165, 1.54) is 180 Å². The molecule has 1 atom stereocenters. The monoisotopic (exact) mass is 913 g/mol. The van der Waals surface area contributed by atoms with Gasteiger partial charge in [0, 0.05) is 19.3 Å². The molecule has 0 saturated carbocycles. The Morgan fingerprint density at radius 1 is 0.308 bits per heavy atom. The van der Waals surface area contributed by atoms with Gasteiger partial charge in [-0.2, -0.15) is 0 Å². The molecule has 0 spiro atoms. The molecule has 65 heavy (non-hydrogen) atoms. The Bertz CT molecular complexity index is 1090. The summed E-state index contributed by atoms with van der Waals surface area (Å²) in [7, 11) is 0. The van der Waals surface area contributed by atoms with Crippen molar-refractivity contribution in [1.29, 1.82) is 0 Å². The van der Waals surface area contributed by atoms with Gasteiger partial charge in [-0.15, -0.1) is 0 Å². The second kappa shape index (κ2) is 54.2. The van der Waals surface area contributed by atoms with E-state index in [1.807, 2.05) is 0 Å². The lowest BCUT2D eigenvalue weighted by Crippen LogP contribution is -2.30. The average Bonchev–Trinajstić information content (AvgIpc) is 3.30. The molecule has 0 bridgehead atoms. The first-order valence-corrected chi connectivity index (χ1v) is 28.5. The number of unbranched alkanes of at least 4 members (excludes halogenated alkanes) is 35. The molecule has 0 saturated heterocycles. The van der Waals surface area contributed by atoms with E-state index in [9.17, 15) is 14.4 Å². The lowest BCUT2D eigenvalue weighted by atomic mass is 10.0. The molecule has 0 aromatic carbocycles. The molecule has 0 aromatic rings. The average molecular weight is 914 g/mol. The molecular formula is C59H108O6. The van der Waals surface area contributed by atoms with Crippen LogP contribution in [0.1, 0.15) is 303 Å². The molecule has 0 heterocycles. The van der Waals surface area contributed by atoms with Crippen LogP contribution in [0.25, 0.3) is 0 Å². The molecule has 0 aliphatic rings. The van der Waals surface area contributed by atoms with Crippen molar-refractivity contribution in [3.63, 3.8) is 0 Å². The van der Waals surface area contributed by atoms with Crippen molar-refractivity contribution in [2.45, 2.75) is 309 Å². The van der Waals surface area contributed by atoms with Crippen molar-refractivity contribution in [2.75, 3.05) is 13.2 Å². The number of esters is 3. The SMILES string of the molecule is CCCCC/C=C\C/C=C\C/C=C\CCCCCCC(=O)O[C@@H](COC(=O)CCCCCCCCCCCCC)COC(=O)CCCCCCCCCCCCCCCCCCCCC. The van der Waals surface area contributed by atoms with E-state index in [0.717, 1.165) is 83.5 Å². The van der Waals surface area contributed by atoms with Crippen LogP contribution in [0, 0.1) is 0 Å². The number of carbonyl (C=O) groups is 3. The fourth-order valence-electron chi connectivity index (χ4n) is 8.33. The van der Waals surface area contributed by atoms with Gasteiger partial charge >= 0.3 is 17.9 Å². The molecule has 0 aliphatic carbocycles. The molecule has 0 amide bonds. The number of hydrogen-bond donors (Lipinski definition) is 0. The number of hydrogen-bond acceptors (Lipinski definition) is 6. The van der Waals surface area contributed by atoms with Crippen molar-refractivity contribution < 1.29 is 28.6 Å². The molecule has 6 nitrogen and oxygen atoms in total. The number of ether oxygens (including phenoxy) is 3. The zero-order chi connectivity index (χ0) is 47.2. The van der Waals surface area contributed by atoms with E-state index < -0.39 is 6.10 Å². The van der Waals surface area contributed by atoms with Gasteiger partial charge in [-0.25, -0.2) is 0 Å². The Kier molecular flexibility index (Phi) is 52.3. The minimum atomic E-state index is -0.779. The molecule has 0 N–H and O–H groups in total. The van der Waals surface area contributed by atoms with Crippen LogP contribution in [0.5, 0.6) is 0 Å². The van der Waals surface area contributed by atoms with Gasteiger partial charge in [0.05, 0.1) is 0 Å². The van der Waals surface area contributed by atoms with E-state index in [0.29, 0.717) is 19.3 Å². The predicted octanol–water partition coefficient (Wildman–Crippen LogP) is 18.9. The summed E-state index contributed by atoms with van der Waals surface area (Å²) >= 11 is 0. The Morgan fingerprint density at radius 3 is 0.892 bits per heavy atom. The highest BCUT2D eigenvalue weighted by molar-refractivity contribution is 5.71. The highest BCUT2D eigenvalue weighted by atomic mass is 16.6. The summed E-state index contributed by atoms with van der Waals surface area (Å²) < 4.78 is 16.8. The van der Waals surface area contributed by atoms with Crippen LogP contribution in [0.2, 0.25) is 0 Å². The summed E-state index contributed by atoms with van der Waals surface area (Å²) in [5.41, 5.74) is 0. The third kappa shape index (κ3) is 52.5. The first-order chi connectivity index (χ1) is 32.0. The van der Waals surface area contributed by atoms with Crippen LogP contribution in [-0.4, -0.2) is 37.2 Å². The molecule has 380 valence electrons. The summed E-state index contributed by atoms with van der Waals surface area (Å²) in [5.74, 6) is -0.882. The van der Waals surface area contributed by atoms with Gasteiger partial charge in [-0.3, -0.25) is 14.4 Å². The summed E-state index contributed by atoms with van der Waals surface area (Å²) in [6, 6.07) is 0. The van der Waals surface area contributed by atoms with Crippen LogP contribution in [0.4, 0.5) is 0 Å². The fourth-order valence-corrected chi connectivity index (χ4v) is 8.33. The topological polar surface area (TPSA) is 78.9 Å². The van der Waals surface area contributed by atoms with Gasteiger partial charge in [-0.05, 0) is 57.8 Å². The van der Waals surface area contributed by atoms with E-state index in [2.05, 4.69) is 57.2 Å². The van der Waals surface area contributed by atoms with Gasteiger partial charge in [0.1, 0.15) is 13.2 Å². The third-order valence-corrected chi connectivity index (χ3v) is 12.6. The highest BCUT2D eigenvalue weighted by Gasteiger charge is 2.19. The molecule has 0 radical (unpaired) electrons. The number of rotatable bonds is 52. The van der Waals surface area contributed by atoms with Crippen LogP contribution in [0.3, 0.4) is 0 Å². The van der Waals surface area contributed by atoms with E-state index in [1.54, 1.807) is 0 Å². The molecule has 0 unspecified atom stereocenters. The number of allylic oxidation sites excluding steroid dienone is 6. The van der Waals surface area contributed by atoms with Crippen molar-refractivity contribution in [3.05, 3.63) is 36.5 Å². The van der Waals surface area contributed by atoms with Crippen LogP contribution in [0.15, 0.2) is 36.5 Å². The second-order valence-electron chi connectivity index (χ2n) is 19.2. The van der Waals surface area contributed by atoms with Gasteiger partial charge in [-0.1, -0.05) is 263 Å². The molecule has 0 aliphatic heterocycles. The zero-order valence-electron chi connectivity index (χ0n) is 43.5. The van der Waals surface area contributed by atoms with Crippen LogP contribution < -0.4 is 0 Å². The molecule has 6 heteroatoms. The lowest BCUT2D eigenvalue weighted by molar-refractivity contribution is -0.167. The van der Waals surface area contributed by atoms with Gasteiger partial charge in [0.15, 0.2) is 6.10 Å². The maximum Gasteiger partial charge on any atom is 0.306 e. The fraction of sp³-hybridized carbons (Fsp3) is 0.847. The summed E-state index contributed by atoms with van der Waals surface area (Å²) in [5, 5.41) is 0. The van der Waals surface area contributed by atoms with Crippen molar-refractivity contribution in [1.82, 2.24) is 0 Å². The predicted molar refractivity (Wildman–Crippen MR) is 279 cm³/mol. The van der Waals surface area contributed by atoms with E-state index >= 15 is 0 Å². The Balaban J connectivity index is 4.32. The van der Waals surface area contributed by atoms with Crippen LogP contribution >= 0.6 is 0 Å². The largest absolute Gasteiger partial charge is 0.462 e. The van der Waals surface area contributed by atoms with E-state index in [-0.39, 0.29) is 31.1 Å². The van der Waals surface area contributed by atoms with E-state index in [4.69, 9.17) is 14.2 Å². The maximum absolute atomic E-state index is 12.8. The highest BCUT2D eigenvalue weighted by Crippen LogP contribution is 2.17. The quantitative estimate of drug-likeness (QED) is 0.0262. The Labute approximate surface area is 404 Å².